The lowest BCUT2D eigenvalue weighted by atomic mass is 10.1. The number of hydrogen-bond acceptors (Lipinski definition) is 5. The lowest BCUT2D eigenvalue weighted by Crippen LogP contribution is -2.15. The van der Waals surface area contributed by atoms with E-state index in [0.29, 0.717) is 0 Å². The molecule has 0 spiro atoms. The Morgan fingerprint density at radius 1 is 1.11 bits per heavy atom. The normalized spacial score (nSPS) is 16.2. The van der Waals surface area contributed by atoms with Crippen molar-refractivity contribution in [3.63, 3.8) is 0 Å². The maximum Gasteiger partial charge on any atom is 0.321 e. The van der Waals surface area contributed by atoms with Crippen LogP contribution in [-0.2, 0) is 29.1 Å². The van der Waals surface area contributed by atoms with E-state index in [4.69, 9.17) is 18.5 Å². The second kappa shape index (κ2) is 8.64. The van der Waals surface area contributed by atoms with Crippen molar-refractivity contribution in [3.8, 4) is 0 Å². The third-order valence-electron chi connectivity index (χ3n) is 2.04. The molecule has 1 rings (SSSR count). The Kier molecular flexibility index (Phi) is 7.54. The zero-order chi connectivity index (χ0) is 14.3. The van der Waals surface area contributed by atoms with Crippen molar-refractivity contribution in [2.75, 3.05) is 0 Å². The van der Waals surface area contributed by atoms with Gasteiger partial charge in [0.2, 0.25) is 0 Å². The first-order valence-electron chi connectivity index (χ1n) is 5.78. The van der Waals surface area contributed by atoms with Gasteiger partial charge < -0.3 is 9.42 Å². The van der Waals surface area contributed by atoms with E-state index in [1.165, 1.54) is 0 Å². The molecule has 108 valence electrons. The van der Waals surface area contributed by atoms with Crippen LogP contribution in [0.25, 0.3) is 0 Å². The van der Waals surface area contributed by atoms with Crippen LogP contribution >= 0.6 is 16.5 Å². The molecule has 3 unspecified atom stereocenters. The van der Waals surface area contributed by atoms with Gasteiger partial charge in [0, 0.05) is 6.42 Å². The molecule has 1 N–H and O–H groups in total. The topological polar surface area (TPSA) is 82.1 Å². The Morgan fingerprint density at radius 2 is 1.74 bits per heavy atom. The first kappa shape index (κ1) is 16.6. The summed E-state index contributed by atoms with van der Waals surface area (Å²) in [6.07, 6.45) is -1.10. The predicted octanol–water partition coefficient (Wildman–Crippen LogP) is 2.79. The summed E-state index contributed by atoms with van der Waals surface area (Å²) in [5, 5.41) is 0. The van der Waals surface area contributed by atoms with Crippen molar-refractivity contribution in [2.24, 2.45) is 0 Å². The molecule has 19 heavy (non-hydrogen) atoms. The van der Waals surface area contributed by atoms with Crippen LogP contribution < -0.4 is 0 Å². The molecule has 0 saturated heterocycles. The van der Waals surface area contributed by atoms with Gasteiger partial charge in [0.15, 0.2) is 6.29 Å². The zero-order valence-electron chi connectivity index (χ0n) is 10.7. The van der Waals surface area contributed by atoms with Crippen LogP contribution in [0.3, 0.4) is 0 Å². The fourth-order valence-corrected chi connectivity index (χ4v) is 2.59. The predicted molar refractivity (Wildman–Crippen MR) is 72.5 cm³/mol. The highest BCUT2D eigenvalue weighted by Crippen LogP contribution is 2.32. The molecular formula is C11H18O6P2. The summed E-state index contributed by atoms with van der Waals surface area (Å²) in [5.74, 6) is 0. The summed E-state index contributed by atoms with van der Waals surface area (Å²) in [6.45, 7) is 3.43. The van der Waals surface area contributed by atoms with Gasteiger partial charge in [-0.15, -0.1) is 0 Å². The van der Waals surface area contributed by atoms with Crippen LogP contribution in [-0.4, -0.2) is 17.3 Å². The average molecular weight is 308 g/mol. The third kappa shape index (κ3) is 7.63. The van der Waals surface area contributed by atoms with Gasteiger partial charge in [-0.2, -0.15) is 0 Å². The Morgan fingerprint density at radius 3 is 2.26 bits per heavy atom. The highest BCUT2D eigenvalue weighted by Gasteiger charge is 2.17. The van der Waals surface area contributed by atoms with E-state index in [-0.39, 0.29) is 12.5 Å². The largest absolute Gasteiger partial charge is 0.326 e. The van der Waals surface area contributed by atoms with E-state index >= 15 is 0 Å². The average Bonchev–Trinajstić information content (AvgIpc) is 2.27. The van der Waals surface area contributed by atoms with Gasteiger partial charge >= 0.3 is 16.5 Å². The van der Waals surface area contributed by atoms with E-state index in [1.807, 2.05) is 30.3 Å². The molecule has 6 nitrogen and oxygen atoms in total. The molecule has 3 atom stereocenters. The van der Waals surface area contributed by atoms with Crippen molar-refractivity contribution in [2.45, 2.75) is 32.7 Å². The van der Waals surface area contributed by atoms with Crippen molar-refractivity contribution in [1.29, 1.82) is 0 Å². The summed E-state index contributed by atoms with van der Waals surface area (Å²) in [5.41, 5.74) is 0.843. The maximum absolute atomic E-state index is 11.5. The molecule has 0 bridgehead atoms. The van der Waals surface area contributed by atoms with Gasteiger partial charge in [-0.05, 0) is 19.4 Å². The monoisotopic (exact) mass is 308 g/mol. The standard InChI is InChI=1S/C11H18O6P2/c1-9(2)15-19(14)17-11(16-18(12)13)8-10-6-4-3-5-7-10/h3-7,9,11,18-19H,8H2,1-2H3,(H,12,13). The summed E-state index contributed by atoms with van der Waals surface area (Å²) in [7, 11) is -5.94. The van der Waals surface area contributed by atoms with Gasteiger partial charge in [0.25, 0.3) is 0 Å². The van der Waals surface area contributed by atoms with Gasteiger partial charge in [0.1, 0.15) is 0 Å². The molecule has 0 radical (unpaired) electrons. The summed E-state index contributed by atoms with van der Waals surface area (Å²) in [6, 6.07) is 9.12. The summed E-state index contributed by atoms with van der Waals surface area (Å²) >= 11 is 0. The van der Waals surface area contributed by atoms with E-state index in [0.717, 1.165) is 5.56 Å². The van der Waals surface area contributed by atoms with Crippen LogP contribution in [0.1, 0.15) is 19.4 Å². The van der Waals surface area contributed by atoms with Crippen molar-refractivity contribution in [1.82, 2.24) is 0 Å². The van der Waals surface area contributed by atoms with Crippen LogP contribution in [0.4, 0.5) is 0 Å². The van der Waals surface area contributed by atoms with Crippen LogP contribution in [0.2, 0.25) is 0 Å². The molecule has 0 aromatic heterocycles. The van der Waals surface area contributed by atoms with Crippen LogP contribution in [0, 0.1) is 0 Å². The Labute approximate surface area is 113 Å². The molecule has 0 aliphatic rings. The molecule has 0 saturated carbocycles. The lowest BCUT2D eigenvalue weighted by molar-refractivity contribution is -0.00392. The lowest BCUT2D eigenvalue weighted by Gasteiger charge is -2.17. The van der Waals surface area contributed by atoms with Gasteiger partial charge in [0.05, 0.1) is 6.10 Å². The van der Waals surface area contributed by atoms with E-state index < -0.39 is 22.8 Å². The Balaban J connectivity index is 2.61. The smallest absolute Gasteiger partial charge is 0.321 e. The minimum atomic E-state index is -3.18. The second-order valence-corrected chi connectivity index (χ2v) is 5.78. The molecular weight excluding hydrogens is 290 g/mol. The summed E-state index contributed by atoms with van der Waals surface area (Å²) < 4.78 is 37.0. The fourth-order valence-electron chi connectivity index (χ4n) is 1.35. The fraction of sp³-hybridized carbons (Fsp3) is 0.455. The molecule has 1 aromatic carbocycles. The van der Waals surface area contributed by atoms with Gasteiger partial charge in [-0.3, -0.25) is 18.2 Å². The quantitative estimate of drug-likeness (QED) is 0.587. The molecule has 8 heteroatoms. The maximum atomic E-state index is 11.5. The molecule has 0 heterocycles. The van der Waals surface area contributed by atoms with Crippen LogP contribution in [0.15, 0.2) is 30.3 Å². The van der Waals surface area contributed by atoms with Crippen molar-refractivity contribution in [3.05, 3.63) is 35.9 Å². The summed E-state index contributed by atoms with van der Waals surface area (Å²) in [4.78, 5) is 8.81. The van der Waals surface area contributed by atoms with Crippen molar-refractivity contribution >= 4 is 16.5 Å². The zero-order valence-corrected chi connectivity index (χ0v) is 12.7. The van der Waals surface area contributed by atoms with Gasteiger partial charge in [-0.1, -0.05) is 30.3 Å². The SMILES string of the molecule is CC(C)O[PH](=O)OC(Cc1ccccc1)O[PH](=O)O. The number of hydrogen-bond donors (Lipinski definition) is 1. The first-order valence-corrected chi connectivity index (χ1v) is 8.27. The van der Waals surface area contributed by atoms with E-state index in [9.17, 15) is 9.13 Å². The third-order valence-corrected chi connectivity index (χ3v) is 3.62. The number of rotatable bonds is 8. The molecule has 0 aliphatic heterocycles. The molecule has 0 fully saturated rings. The highest BCUT2D eigenvalue weighted by atomic mass is 31.1. The Bertz CT molecular complexity index is 422. The van der Waals surface area contributed by atoms with Crippen LogP contribution in [0.5, 0.6) is 0 Å². The minimum absolute atomic E-state index is 0.218. The first-order chi connectivity index (χ1) is 8.97. The van der Waals surface area contributed by atoms with Gasteiger partial charge in [-0.25, -0.2) is 0 Å². The van der Waals surface area contributed by atoms with E-state index in [1.54, 1.807) is 13.8 Å². The van der Waals surface area contributed by atoms with E-state index in [2.05, 4.69) is 0 Å². The van der Waals surface area contributed by atoms with Crippen molar-refractivity contribution < 1.29 is 27.6 Å². The molecule has 0 aliphatic carbocycles. The molecule has 0 amide bonds. The Hall–Kier alpha value is -0.480. The highest BCUT2D eigenvalue weighted by molar-refractivity contribution is 7.33. The minimum Gasteiger partial charge on any atom is -0.326 e. The molecule has 1 aromatic rings. The second-order valence-electron chi connectivity index (χ2n) is 4.04. The number of benzene rings is 1.